The molecule has 0 fully saturated rings. The van der Waals surface area contributed by atoms with Gasteiger partial charge in [0, 0.05) is 17.3 Å². The van der Waals surface area contributed by atoms with Crippen LogP contribution in [-0.4, -0.2) is 39.3 Å². The fraction of sp³-hybridized carbons (Fsp3) is 0.500. The van der Waals surface area contributed by atoms with Crippen molar-refractivity contribution in [2.24, 2.45) is 0 Å². The van der Waals surface area contributed by atoms with Crippen LogP contribution >= 0.6 is 0 Å². The third kappa shape index (κ3) is 5.08. The maximum atomic E-state index is 12.6. The molecule has 0 amide bonds. The molecule has 0 aliphatic heterocycles. The number of carbonyl (C=O) groups is 2. The summed E-state index contributed by atoms with van der Waals surface area (Å²) >= 11 is 0. The van der Waals surface area contributed by atoms with E-state index in [0.29, 0.717) is 5.56 Å². The van der Waals surface area contributed by atoms with Crippen molar-refractivity contribution in [2.45, 2.75) is 65.3 Å². The highest BCUT2D eigenvalue weighted by Gasteiger charge is 2.29. The first-order valence-electron chi connectivity index (χ1n) is 8.61. The van der Waals surface area contributed by atoms with Crippen LogP contribution in [0.4, 0.5) is 0 Å². The van der Waals surface area contributed by atoms with Gasteiger partial charge in [0.15, 0.2) is 6.10 Å². The van der Waals surface area contributed by atoms with Gasteiger partial charge in [-0.15, -0.1) is 0 Å². The van der Waals surface area contributed by atoms with Crippen molar-refractivity contribution < 1.29 is 24.2 Å². The minimum Gasteiger partial charge on any atom is -0.458 e. The second-order valence-corrected chi connectivity index (χ2v) is 8.28. The van der Waals surface area contributed by atoms with Crippen molar-refractivity contribution in [3.63, 3.8) is 0 Å². The van der Waals surface area contributed by atoms with E-state index in [9.17, 15) is 14.7 Å². The Morgan fingerprint density at radius 3 is 2.19 bits per heavy atom. The Hall–Kier alpha value is -2.34. The van der Waals surface area contributed by atoms with Crippen LogP contribution in [0.2, 0.25) is 0 Å². The van der Waals surface area contributed by atoms with Gasteiger partial charge in [-0.1, -0.05) is 18.2 Å². The van der Waals surface area contributed by atoms with Crippen LogP contribution in [0.15, 0.2) is 24.3 Å². The van der Waals surface area contributed by atoms with Crippen molar-refractivity contribution in [2.75, 3.05) is 0 Å². The third-order valence-corrected chi connectivity index (χ3v) is 3.49. The second kappa shape index (κ2) is 7.11. The fourth-order valence-electron chi connectivity index (χ4n) is 2.56. The Labute approximate surface area is 153 Å². The summed E-state index contributed by atoms with van der Waals surface area (Å²) in [6, 6.07) is 7.33. The van der Waals surface area contributed by atoms with Crippen molar-refractivity contribution >= 4 is 22.8 Å². The minimum absolute atomic E-state index is 0.0481. The lowest BCUT2D eigenvalue weighted by Crippen LogP contribution is -2.33. The number of rotatable bonds is 4. The molecule has 2 rings (SSSR count). The molecule has 1 unspecified atom stereocenters. The third-order valence-electron chi connectivity index (χ3n) is 3.49. The molecule has 1 aromatic carbocycles. The van der Waals surface area contributed by atoms with Crippen molar-refractivity contribution in [1.82, 2.24) is 4.98 Å². The highest BCUT2D eigenvalue weighted by atomic mass is 16.6. The van der Waals surface area contributed by atoms with E-state index in [-0.39, 0.29) is 12.1 Å². The highest BCUT2D eigenvalue weighted by molar-refractivity contribution is 5.98. The predicted octanol–water partition coefficient (Wildman–Crippen LogP) is 3.37. The minimum atomic E-state index is -1.38. The molecule has 26 heavy (non-hydrogen) atoms. The Morgan fingerprint density at radius 2 is 1.62 bits per heavy atom. The summed E-state index contributed by atoms with van der Waals surface area (Å²) in [5, 5.41) is 11.1. The zero-order valence-electron chi connectivity index (χ0n) is 16.2. The maximum absolute atomic E-state index is 12.6. The molecule has 6 nitrogen and oxygen atoms in total. The van der Waals surface area contributed by atoms with E-state index in [4.69, 9.17) is 9.47 Å². The molecule has 0 saturated carbocycles. The Morgan fingerprint density at radius 1 is 1.04 bits per heavy atom. The van der Waals surface area contributed by atoms with Crippen molar-refractivity contribution in [3.05, 3.63) is 35.5 Å². The number of aromatic amines is 1. The number of fused-ring (bicyclic) bond motifs is 1. The van der Waals surface area contributed by atoms with E-state index in [1.807, 2.05) is 24.3 Å². The number of esters is 2. The van der Waals surface area contributed by atoms with Gasteiger partial charge in [0.2, 0.25) is 0 Å². The smallest absolute Gasteiger partial charge is 0.355 e. The van der Waals surface area contributed by atoms with Gasteiger partial charge in [0.1, 0.15) is 16.9 Å². The standard InChI is InChI=1S/C20H27NO5/c1-19(2,3)25-17(23)15(22)11-13-12-9-7-8-10-14(12)21-16(13)18(24)26-20(4,5)6/h7-10,15,21-22H,11H2,1-6H3. The molecule has 0 aliphatic rings. The largest absolute Gasteiger partial charge is 0.458 e. The fourth-order valence-corrected chi connectivity index (χ4v) is 2.56. The molecule has 1 aromatic heterocycles. The number of aromatic nitrogens is 1. The first-order valence-corrected chi connectivity index (χ1v) is 8.61. The van der Waals surface area contributed by atoms with Gasteiger partial charge in [-0.2, -0.15) is 0 Å². The summed E-state index contributed by atoms with van der Waals surface area (Å²) in [5.74, 6) is -1.25. The number of aliphatic hydroxyl groups excluding tert-OH is 1. The molecule has 0 aliphatic carbocycles. The number of hydrogen-bond acceptors (Lipinski definition) is 5. The van der Waals surface area contributed by atoms with Gasteiger partial charge in [0.25, 0.3) is 0 Å². The number of H-pyrrole nitrogens is 1. The number of ether oxygens (including phenoxy) is 2. The normalized spacial score (nSPS) is 13.5. The van der Waals surface area contributed by atoms with Crippen LogP contribution in [0.25, 0.3) is 10.9 Å². The van der Waals surface area contributed by atoms with Gasteiger partial charge in [-0.3, -0.25) is 0 Å². The van der Waals surface area contributed by atoms with E-state index >= 15 is 0 Å². The number of hydrogen-bond donors (Lipinski definition) is 2. The quantitative estimate of drug-likeness (QED) is 0.815. The molecule has 1 heterocycles. The van der Waals surface area contributed by atoms with Crippen LogP contribution in [0.5, 0.6) is 0 Å². The predicted molar refractivity (Wildman–Crippen MR) is 99.0 cm³/mol. The second-order valence-electron chi connectivity index (χ2n) is 8.28. The van der Waals surface area contributed by atoms with Gasteiger partial charge in [0.05, 0.1) is 0 Å². The maximum Gasteiger partial charge on any atom is 0.355 e. The molecule has 0 saturated heterocycles. The SMILES string of the molecule is CC(C)(C)OC(=O)c1[nH]c2ccccc2c1CC(O)C(=O)OC(C)(C)C. The molecule has 0 bridgehead atoms. The van der Waals surface area contributed by atoms with Gasteiger partial charge in [-0.25, -0.2) is 9.59 Å². The van der Waals surface area contributed by atoms with Crippen LogP contribution in [0, 0.1) is 0 Å². The van der Waals surface area contributed by atoms with E-state index in [1.165, 1.54) is 0 Å². The molecule has 0 radical (unpaired) electrons. The van der Waals surface area contributed by atoms with E-state index in [2.05, 4.69) is 4.98 Å². The molecule has 0 spiro atoms. The average molecular weight is 361 g/mol. The van der Waals surface area contributed by atoms with Crippen molar-refractivity contribution in [1.29, 1.82) is 0 Å². The highest BCUT2D eigenvalue weighted by Crippen LogP contribution is 2.26. The lowest BCUT2D eigenvalue weighted by molar-refractivity contribution is -0.164. The van der Waals surface area contributed by atoms with Crippen LogP contribution in [0.3, 0.4) is 0 Å². The Kier molecular flexibility index (Phi) is 5.47. The summed E-state index contributed by atoms with van der Waals surface area (Å²) in [6.45, 7) is 10.5. The molecule has 2 N–H and O–H groups in total. The Balaban J connectivity index is 2.37. The summed E-state index contributed by atoms with van der Waals surface area (Å²) < 4.78 is 10.7. The number of carbonyl (C=O) groups excluding carboxylic acids is 2. The molecule has 1 atom stereocenters. The molecular formula is C20H27NO5. The first kappa shape index (κ1) is 20.0. The van der Waals surface area contributed by atoms with E-state index in [1.54, 1.807) is 41.5 Å². The van der Waals surface area contributed by atoms with Gasteiger partial charge in [-0.05, 0) is 53.2 Å². The number of benzene rings is 1. The summed E-state index contributed by atoms with van der Waals surface area (Å²) in [6.07, 6.45) is -1.43. The zero-order chi connectivity index (χ0) is 19.7. The van der Waals surface area contributed by atoms with E-state index in [0.717, 1.165) is 10.9 Å². The molecule has 2 aromatic rings. The van der Waals surface area contributed by atoms with Crippen LogP contribution in [0.1, 0.15) is 57.6 Å². The molecule has 142 valence electrons. The average Bonchev–Trinajstić information content (AvgIpc) is 2.83. The first-order chi connectivity index (χ1) is 11.9. The van der Waals surface area contributed by atoms with Crippen molar-refractivity contribution in [3.8, 4) is 0 Å². The number of aliphatic hydroxyl groups is 1. The molecule has 6 heteroatoms. The lowest BCUT2D eigenvalue weighted by atomic mass is 10.0. The topological polar surface area (TPSA) is 88.6 Å². The van der Waals surface area contributed by atoms with E-state index < -0.39 is 29.2 Å². The Bertz CT molecular complexity index is 808. The van der Waals surface area contributed by atoms with Crippen LogP contribution < -0.4 is 0 Å². The zero-order valence-corrected chi connectivity index (χ0v) is 16.2. The molecular weight excluding hydrogens is 334 g/mol. The summed E-state index contributed by atoms with van der Waals surface area (Å²) in [7, 11) is 0. The number of para-hydroxylation sites is 1. The number of nitrogens with one attached hydrogen (secondary N) is 1. The van der Waals surface area contributed by atoms with Crippen LogP contribution in [-0.2, 0) is 20.7 Å². The lowest BCUT2D eigenvalue weighted by Gasteiger charge is -2.22. The monoisotopic (exact) mass is 361 g/mol. The van der Waals surface area contributed by atoms with Gasteiger partial charge >= 0.3 is 11.9 Å². The summed E-state index contributed by atoms with van der Waals surface area (Å²) in [5.41, 5.74) is 0.151. The summed E-state index contributed by atoms with van der Waals surface area (Å²) in [4.78, 5) is 27.8. The van der Waals surface area contributed by atoms with Gasteiger partial charge < -0.3 is 19.6 Å².